The Labute approximate surface area is 138 Å². The molecule has 3 aromatic rings. The predicted molar refractivity (Wildman–Crippen MR) is 85.0 cm³/mol. The number of furan rings is 1. The van der Waals surface area contributed by atoms with Gasteiger partial charge in [-0.3, -0.25) is 0 Å². The molecule has 0 saturated heterocycles. The standard InChI is InChI=1S/C17H17N3O4/c1-2-11-7-8-12(22-11)9-18-17-20-19-16(24-17)15-10-21-13-5-3-4-6-14(13)23-15/h3-8,15H,2,9-10H2,1H3,(H,18,20). The molecule has 2 aromatic heterocycles. The molecule has 0 aliphatic carbocycles. The van der Waals surface area contributed by atoms with Crippen LogP contribution >= 0.6 is 0 Å². The third-order valence-electron chi connectivity index (χ3n) is 3.70. The molecule has 1 atom stereocenters. The van der Waals surface area contributed by atoms with Crippen molar-refractivity contribution < 1.29 is 18.3 Å². The van der Waals surface area contributed by atoms with E-state index in [1.165, 1.54) is 0 Å². The molecule has 7 heteroatoms. The molecule has 0 saturated carbocycles. The van der Waals surface area contributed by atoms with Crippen molar-refractivity contribution in [3.8, 4) is 11.5 Å². The lowest BCUT2D eigenvalue weighted by atomic mass is 10.2. The topological polar surface area (TPSA) is 82.6 Å². The van der Waals surface area contributed by atoms with Crippen molar-refractivity contribution >= 4 is 6.01 Å². The average Bonchev–Trinajstić information content (AvgIpc) is 3.28. The highest BCUT2D eigenvalue weighted by Crippen LogP contribution is 2.35. The van der Waals surface area contributed by atoms with Crippen LogP contribution in [0.25, 0.3) is 0 Å². The number of benzene rings is 1. The molecular weight excluding hydrogens is 310 g/mol. The maximum absolute atomic E-state index is 5.84. The average molecular weight is 327 g/mol. The van der Waals surface area contributed by atoms with Gasteiger partial charge in [-0.2, -0.15) is 0 Å². The van der Waals surface area contributed by atoms with Gasteiger partial charge in [0, 0.05) is 6.42 Å². The molecule has 0 fully saturated rings. The van der Waals surface area contributed by atoms with Crippen LogP contribution in [0.1, 0.15) is 30.4 Å². The molecule has 1 aromatic carbocycles. The van der Waals surface area contributed by atoms with Crippen molar-refractivity contribution in [2.75, 3.05) is 11.9 Å². The van der Waals surface area contributed by atoms with E-state index in [0.29, 0.717) is 30.8 Å². The van der Waals surface area contributed by atoms with Crippen molar-refractivity contribution in [1.29, 1.82) is 0 Å². The smallest absolute Gasteiger partial charge is 0.315 e. The van der Waals surface area contributed by atoms with E-state index in [-0.39, 0.29) is 0 Å². The van der Waals surface area contributed by atoms with E-state index in [1.807, 2.05) is 43.3 Å². The number of aryl methyl sites for hydroxylation is 1. The number of anilines is 1. The molecule has 0 bridgehead atoms. The number of hydrogen-bond donors (Lipinski definition) is 1. The Morgan fingerprint density at radius 3 is 2.71 bits per heavy atom. The second-order valence-electron chi connectivity index (χ2n) is 5.38. The molecule has 1 N–H and O–H groups in total. The van der Waals surface area contributed by atoms with Gasteiger partial charge in [-0.25, -0.2) is 0 Å². The van der Waals surface area contributed by atoms with Crippen LogP contribution in [0, 0.1) is 0 Å². The van der Waals surface area contributed by atoms with Gasteiger partial charge >= 0.3 is 6.01 Å². The van der Waals surface area contributed by atoms with Gasteiger partial charge in [-0.1, -0.05) is 24.2 Å². The summed E-state index contributed by atoms with van der Waals surface area (Å²) in [6.07, 6.45) is 0.448. The molecule has 1 aliphatic rings. The first-order valence-corrected chi connectivity index (χ1v) is 7.85. The second-order valence-corrected chi connectivity index (χ2v) is 5.38. The van der Waals surface area contributed by atoms with E-state index < -0.39 is 6.10 Å². The minimum Gasteiger partial charge on any atom is -0.485 e. The van der Waals surface area contributed by atoms with E-state index in [1.54, 1.807) is 0 Å². The van der Waals surface area contributed by atoms with Crippen LogP contribution in [-0.4, -0.2) is 16.8 Å². The highest BCUT2D eigenvalue weighted by Gasteiger charge is 2.27. The van der Waals surface area contributed by atoms with Gasteiger partial charge in [0.05, 0.1) is 6.54 Å². The molecule has 124 valence electrons. The summed E-state index contributed by atoms with van der Waals surface area (Å²) in [5.74, 6) is 3.53. The minimum atomic E-state index is -0.418. The fourth-order valence-electron chi connectivity index (χ4n) is 2.45. The van der Waals surface area contributed by atoms with Crippen molar-refractivity contribution in [3.63, 3.8) is 0 Å². The molecule has 0 spiro atoms. The first-order chi connectivity index (χ1) is 11.8. The van der Waals surface area contributed by atoms with Crippen LogP contribution in [0.5, 0.6) is 11.5 Å². The highest BCUT2D eigenvalue weighted by molar-refractivity contribution is 5.41. The van der Waals surface area contributed by atoms with Gasteiger partial charge in [0.25, 0.3) is 5.89 Å². The first kappa shape index (κ1) is 14.6. The normalized spacial score (nSPS) is 16.1. The third kappa shape index (κ3) is 2.92. The van der Waals surface area contributed by atoms with E-state index in [4.69, 9.17) is 18.3 Å². The van der Waals surface area contributed by atoms with Crippen LogP contribution in [-0.2, 0) is 13.0 Å². The molecule has 7 nitrogen and oxygen atoms in total. The van der Waals surface area contributed by atoms with E-state index in [0.717, 1.165) is 23.7 Å². The maximum atomic E-state index is 5.84. The molecule has 1 unspecified atom stereocenters. The maximum Gasteiger partial charge on any atom is 0.315 e. The summed E-state index contributed by atoms with van der Waals surface area (Å²) in [5, 5.41) is 11.1. The van der Waals surface area contributed by atoms with Crippen molar-refractivity contribution in [2.45, 2.75) is 26.0 Å². The lowest BCUT2D eigenvalue weighted by Crippen LogP contribution is -2.21. The predicted octanol–water partition coefficient (Wildman–Crippen LogP) is 3.35. The number of nitrogens with zero attached hydrogens (tertiary/aromatic N) is 2. The molecule has 4 rings (SSSR count). The number of para-hydroxylation sites is 2. The Bertz CT molecular complexity index is 827. The van der Waals surface area contributed by atoms with Crippen LogP contribution in [0.15, 0.2) is 45.2 Å². The summed E-state index contributed by atoms with van der Waals surface area (Å²) in [6.45, 7) is 2.86. The number of hydrogen-bond acceptors (Lipinski definition) is 7. The number of nitrogens with one attached hydrogen (secondary N) is 1. The summed E-state index contributed by atoms with van der Waals surface area (Å²) in [5.41, 5.74) is 0. The monoisotopic (exact) mass is 327 g/mol. The zero-order chi connectivity index (χ0) is 16.4. The fourth-order valence-corrected chi connectivity index (χ4v) is 2.45. The number of rotatable bonds is 5. The number of fused-ring (bicyclic) bond motifs is 1. The zero-order valence-corrected chi connectivity index (χ0v) is 13.2. The van der Waals surface area contributed by atoms with Gasteiger partial charge in [-0.05, 0) is 24.3 Å². The van der Waals surface area contributed by atoms with E-state index in [9.17, 15) is 0 Å². The van der Waals surface area contributed by atoms with Crippen LogP contribution < -0.4 is 14.8 Å². The lowest BCUT2D eigenvalue weighted by Gasteiger charge is -2.23. The summed E-state index contributed by atoms with van der Waals surface area (Å²) in [4.78, 5) is 0. The summed E-state index contributed by atoms with van der Waals surface area (Å²) in [7, 11) is 0. The van der Waals surface area contributed by atoms with Crippen molar-refractivity contribution in [2.24, 2.45) is 0 Å². The SMILES string of the molecule is CCc1ccc(CNc2nnc(C3COc4ccccc4O3)o2)o1. The Morgan fingerprint density at radius 2 is 1.88 bits per heavy atom. The van der Waals surface area contributed by atoms with Crippen LogP contribution in [0.3, 0.4) is 0 Å². The number of ether oxygens (including phenoxy) is 2. The van der Waals surface area contributed by atoms with Gasteiger partial charge in [0.2, 0.25) is 6.10 Å². The Morgan fingerprint density at radius 1 is 1.04 bits per heavy atom. The summed E-state index contributed by atoms with van der Waals surface area (Å²) >= 11 is 0. The zero-order valence-electron chi connectivity index (χ0n) is 13.2. The fraction of sp³-hybridized carbons (Fsp3) is 0.294. The molecule has 3 heterocycles. The Hall–Kier alpha value is -2.96. The van der Waals surface area contributed by atoms with Crippen molar-refractivity contribution in [1.82, 2.24) is 10.2 Å². The molecule has 0 radical (unpaired) electrons. The largest absolute Gasteiger partial charge is 0.485 e. The Balaban J connectivity index is 1.40. The summed E-state index contributed by atoms with van der Waals surface area (Å²) < 4.78 is 22.7. The molecule has 1 aliphatic heterocycles. The third-order valence-corrected chi connectivity index (χ3v) is 3.70. The van der Waals surface area contributed by atoms with Crippen LogP contribution in [0.2, 0.25) is 0 Å². The van der Waals surface area contributed by atoms with Gasteiger partial charge < -0.3 is 23.6 Å². The van der Waals surface area contributed by atoms with Gasteiger partial charge in [0.15, 0.2) is 11.5 Å². The van der Waals surface area contributed by atoms with Gasteiger partial charge in [-0.15, -0.1) is 5.10 Å². The van der Waals surface area contributed by atoms with Crippen LogP contribution in [0.4, 0.5) is 6.01 Å². The lowest BCUT2D eigenvalue weighted by molar-refractivity contribution is 0.0717. The van der Waals surface area contributed by atoms with Gasteiger partial charge in [0.1, 0.15) is 18.1 Å². The Kier molecular flexibility index (Phi) is 3.82. The molecular formula is C17H17N3O4. The molecule has 24 heavy (non-hydrogen) atoms. The van der Waals surface area contributed by atoms with E-state index >= 15 is 0 Å². The second kappa shape index (κ2) is 6.27. The minimum absolute atomic E-state index is 0.321. The first-order valence-electron chi connectivity index (χ1n) is 7.85. The number of aromatic nitrogens is 2. The van der Waals surface area contributed by atoms with E-state index in [2.05, 4.69) is 15.5 Å². The van der Waals surface area contributed by atoms with Crippen molar-refractivity contribution in [3.05, 3.63) is 53.8 Å². The summed E-state index contributed by atoms with van der Waals surface area (Å²) in [6, 6.07) is 11.7. The quantitative estimate of drug-likeness (QED) is 0.769. The molecule has 0 amide bonds. The highest BCUT2D eigenvalue weighted by atomic mass is 16.6.